The molecule has 0 spiro atoms. The number of benzene rings is 1. The van der Waals surface area contributed by atoms with E-state index in [4.69, 9.17) is 0 Å². The van der Waals surface area contributed by atoms with Gasteiger partial charge in [-0.05, 0) is 43.0 Å². The molecule has 1 aliphatic heterocycles. The first-order valence-corrected chi connectivity index (χ1v) is 19.3. The molecule has 4 N–H and O–H groups in total. The fourth-order valence-electron chi connectivity index (χ4n) is 6.44. The first kappa shape index (κ1) is 41.3. The zero-order chi connectivity index (χ0) is 40.7. The number of aromatic amines is 1. The van der Waals surface area contributed by atoms with Crippen LogP contribution in [-0.2, 0) is 25.6 Å². The normalized spacial score (nSPS) is 19.8. The molecule has 4 aromatic rings. The molecule has 0 fully saturated rings. The van der Waals surface area contributed by atoms with Gasteiger partial charge >= 0.3 is 0 Å². The van der Waals surface area contributed by atoms with Crippen LogP contribution in [0.4, 0.5) is 5.82 Å². The average molecular weight is 787 g/mol. The zero-order valence-corrected chi connectivity index (χ0v) is 33.6. The van der Waals surface area contributed by atoms with Crippen LogP contribution in [0.3, 0.4) is 0 Å². The van der Waals surface area contributed by atoms with Crippen molar-refractivity contribution >= 4 is 63.5 Å². The Bertz CT molecular complexity index is 2060. The van der Waals surface area contributed by atoms with Crippen LogP contribution in [0.2, 0.25) is 0 Å². The summed E-state index contributed by atoms with van der Waals surface area (Å²) in [6.45, 7) is 4.86. The number of H-pyrrole nitrogens is 1. The molecule has 0 aliphatic carbocycles. The molecule has 0 saturated heterocycles. The number of aromatic nitrogens is 3. The predicted molar refractivity (Wildman–Crippen MR) is 213 cm³/mol. The number of hydrogen-bond donors (Lipinski definition) is 4. The van der Waals surface area contributed by atoms with Gasteiger partial charge in [0.25, 0.3) is 11.8 Å². The van der Waals surface area contributed by atoms with Crippen LogP contribution in [0.1, 0.15) is 64.7 Å². The topological polar surface area (TPSA) is 193 Å². The van der Waals surface area contributed by atoms with Crippen molar-refractivity contribution in [2.24, 2.45) is 5.92 Å². The number of hydrogen-bond acceptors (Lipinski definition) is 10. The summed E-state index contributed by atoms with van der Waals surface area (Å²) < 4.78 is 0. The smallest absolute Gasteiger partial charge is 0.271 e. The molecule has 6 amide bonds. The fraction of sp³-hybridized carbons (Fsp3) is 0.436. The van der Waals surface area contributed by atoms with E-state index in [1.807, 2.05) is 52.2 Å². The van der Waals surface area contributed by atoms with Crippen molar-refractivity contribution < 1.29 is 28.8 Å². The molecule has 298 valence electrons. The summed E-state index contributed by atoms with van der Waals surface area (Å²) in [5, 5.41) is 11.5. The minimum Gasteiger partial charge on any atom is -0.363 e. The Morgan fingerprint density at radius 1 is 0.911 bits per heavy atom. The number of likely N-dealkylation sites (N-methyl/N-ethyl adjacent to an activating group) is 2. The summed E-state index contributed by atoms with van der Waals surface area (Å²) in [6.07, 6.45) is 3.84. The summed E-state index contributed by atoms with van der Waals surface area (Å²) in [4.78, 5) is 99.8. The number of pyridine rings is 1. The lowest BCUT2D eigenvalue weighted by molar-refractivity contribution is -0.138. The van der Waals surface area contributed by atoms with Gasteiger partial charge in [0, 0.05) is 76.4 Å². The number of amides is 6. The maximum atomic E-state index is 14.0. The molecular weight excluding hydrogens is 737 g/mol. The third-order valence-electron chi connectivity index (χ3n) is 9.46. The van der Waals surface area contributed by atoms with Crippen molar-refractivity contribution in [2.45, 2.75) is 51.7 Å². The van der Waals surface area contributed by atoms with Crippen LogP contribution in [0, 0.1) is 5.92 Å². The van der Waals surface area contributed by atoms with Gasteiger partial charge in [0.15, 0.2) is 0 Å². The van der Waals surface area contributed by atoms with E-state index >= 15 is 0 Å². The predicted octanol–water partition coefficient (Wildman–Crippen LogP) is 2.21. The number of nitrogens with zero attached hydrogens (tertiary/aromatic N) is 6. The number of para-hydroxylation sites is 1. The van der Waals surface area contributed by atoms with Gasteiger partial charge in [-0.25, -0.2) is 9.97 Å². The molecule has 0 radical (unpaired) electrons. The lowest BCUT2D eigenvalue weighted by atomic mass is 10.0. The maximum Gasteiger partial charge on any atom is 0.271 e. The largest absolute Gasteiger partial charge is 0.363 e. The highest BCUT2D eigenvalue weighted by atomic mass is 32.1. The van der Waals surface area contributed by atoms with Crippen molar-refractivity contribution in [3.05, 3.63) is 76.0 Å². The third kappa shape index (κ3) is 10.3. The van der Waals surface area contributed by atoms with Crippen LogP contribution in [-0.4, -0.2) is 132 Å². The molecule has 3 atom stereocenters. The highest BCUT2D eigenvalue weighted by Crippen LogP contribution is 2.26. The zero-order valence-electron chi connectivity index (χ0n) is 32.8. The molecule has 5 rings (SSSR count). The molecule has 0 unspecified atom stereocenters. The minimum absolute atomic E-state index is 0.00390. The number of fused-ring (bicyclic) bond motifs is 3. The Morgan fingerprint density at radius 3 is 2.34 bits per heavy atom. The summed E-state index contributed by atoms with van der Waals surface area (Å²) >= 11 is 1.20. The van der Waals surface area contributed by atoms with Crippen LogP contribution in [0.25, 0.3) is 10.9 Å². The summed E-state index contributed by atoms with van der Waals surface area (Å²) in [6, 6.07) is 8.29. The van der Waals surface area contributed by atoms with Gasteiger partial charge in [0.2, 0.25) is 23.6 Å². The molecule has 1 aromatic carbocycles. The number of carbonyl (C=O) groups is 6. The van der Waals surface area contributed by atoms with Crippen LogP contribution < -0.4 is 20.9 Å². The number of carbonyl (C=O) groups excluding carboxylic acids is 6. The van der Waals surface area contributed by atoms with Gasteiger partial charge in [-0.15, -0.1) is 11.3 Å². The second-order valence-corrected chi connectivity index (χ2v) is 15.6. The number of anilines is 1. The maximum absolute atomic E-state index is 14.0. The van der Waals surface area contributed by atoms with E-state index in [0.717, 1.165) is 16.5 Å². The molecule has 0 saturated carbocycles. The fourth-order valence-corrected chi connectivity index (χ4v) is 7.31. The molecular formula is C39H50N10O6S. The highest BCUT2D eigenvalue weighted by Gasteiger charge is 2.31. The lowest BCUT2D eigenvalue weighted by Gasteiger charge is -2.28. The van der Waals surface area contributed by atoms with Crippen LogP contribution in [0.5, 0.6) is 0 Å². The molecule has 2 bridgehead atoms. The third-order valence-corrected chi connectivity index (χ3v) is 10.4. The quantitative estimate of drug-likeness (QED) is 0.227. The van der Waals surface area contributed by atoms with E-state index in [9.17, 15) is 28.8 Å². The Hall–Kier alpha value is -5.84. The van der Waals surface area contributed by atoms with Gasteiger partial charge in [-0.1, -0.05) is 32.0 Å². The summed E-state index contributed by atoms with van der Waals surface area (Å²) in [5.74, 6) is -2.28. The average Bonchev–Trinajstić information content (AvgIpc) is 3.82. The van der Waals surface area contributed by atoms with Gasteiger partial charge in [0.1, 0.15) is 28.6 Å². The Kier molecular flexibility index (Phi) is 13.4. The van der Waals surface area contributed by atoms with Crippen LogP contribution >= 0.6 is 11.3 Å². The molecule has 4 heterocycles. The van der Waals surface area contributed by atoms with E-state index in [1.165, 1.54) is 46.2 Å². The monoisotopic (exact) mass is 786 g/mol. The molecule has 1 aliphatic rings. The van der Waals surface area contributed by atoms with E-state index in [1.54, 1.807) is 35.7 Å². The van der Waals surface area contributed by atoms with E-state index in [0.29, 0.717) is 17.2 Å². The standard InChI is InChI=1S/C39H50N10O6S/c1-23(2)16-29-36-45-31(22-56-36)35(52)44-30(17-26-19-40-28-11-9-8-10-27(26)28)39(55)48(7)20-33(50)42-24(3)37(53)47(6)14-15-49(21-34(51)43-29)38(54)25-12-13-32(41-18-25)46(4)5/h8-13,18-19,22-24,29-30,40H,14-17,20-21H2,1-7H3,(H,42,50)(H,43,51)(H,44,52)/t24-,29-,30+/m0/s1. The first-order chi connectivity index (χ1) is 26.6. The second kappa shape index (κ2) is 18.2. The first-order valence-electron chi connectivity index (χ1n) is 18.4. The van der Waals surface area contributed by atoms with Gasteiger partial charge in [0.05, 0.1) is 24.7 Å². The Balaban J connectivity index is 1.46. The molecule has 17 heteroatoms. The minimum atomic E-state index is -1.08. The van der Waals surface area contributed by atoms with Crippen molar-refractivity contribution in [2.75, 3.05) is 59.3 Å². The van der Waals surface area contributed by atoms with E-state index in [-0.39, 0.29) is 49.8 Å². The summed E-state index contributed by atoms with van der Waals surface area (Å²) in [7, 11) is 6.66. The Labute approximate surface area is 330 Å². The highest BCUT2D eigenvalue weighted by molar-refractivity contribution is 7.09. The van der Waals surface area contributed by atoms with Gasteiger partial charge in [-0.2, -0.15) is 0 Å². The molecule has 56 heavy (non-hydrogen) atoms. The molecule has 3 aromatic heterocycles. The van der Waals surface area contributed by atoms with Crippen LogP contribution in [0.15, 0.2) is 54.2 Å². The van der Waals surface area contributed by atoms with Crippen molar-refractivity contribution in [3.8, 4) is 0 Å². The molecule has 16 nitrogen and oxygen atoms in total. The number of nitrogens with one attached hydrogen (secondary N) is 4. The Morgan fingerprint density at radius 2 is 1.64 bits per heavy atom. The number of thiazole rings is 1. The SMILES string of the molecule is CC(C)C[C@@H]1NC(=O)CN(C(=O)c2ccc(N(C)C)nc2)CCN(C)C(=O)[C@H](C)NC(=O)CN(C)C(=O)[C@@H](Cc2c[nH]c3ccccc23)NC(=O)c2csc1n2. The number of rotatable bonds is 6. The second-order valence-electron chi connectivity index (χ2n) is 14.7. The van der Waals surface area contributed by atoms with E-state index in [2.05, 4.69) is 30.9 Å². The van der Waals surface area contributed by atoms with E-state index < -0.39 is 53.6 Å². The lowest BCUT2D eigenvalue weighted by Crippen LogP contribution is -2.53. The van der Waals surface area contributed by atoms with Crippen molar-refractivity contribution in [1.82, 2.24) is 45.6 Å². The summed E-state index contributed by atoms with van der Waals surface area (Å²) in [5.41, 5.74) is 1.99. The van der Waals surface area contributed by atoms with Gasteiger partial charge < -0.3 is 40.5 Å². The van der Waals surface area contributed by atoms with Crippen molar-refractivity contribution in [3.63, 3.8) is 0 Å². The van der Waals surface area contributed by atoms with Crippen molar-refractivity contribution in [1.29, 1.82) is 0 Å². The van der Waals surface area contributed by atoms with Gasteiger partial charge in [-0.3, -0.25) is 28.8 Å².